The fourth-order valence-corrected chi connectivity index (χ4v) is 5.37. The highest BCUT2D eigenvalue weighted by atomic mass is 32.2. The summed E-state index contributed by atoms with van der Waals surface area (Å²) in [5, 5.41) is 18.9. The van der Waals surface area contributed by atoms with E-state index in [4.69, 9.17) is 0 Å². The van der Waals surface area contributed by atoms with Gasteiger partial charge in [-0.1, -0.05) is 0 Å². The third-order valence-corrected chi connectivity index (χ3v) is 7.38. The molecule has 0 amide bonds. The summed E-state index contributed by atoms with van der Waals surface area (Å²) in [4.78, 5) is 4.36. The zero-order valence-electron chi connectivity index (χ0n) is 15.4. The van der Waals surface area contributed by atoms with Crippen LogP contribution in [-0.4, -0.2) is 61.4 Å². The van der Waals surface area contributed by atoms with Gasteiger partial charge < -0.3 is 5.11 Å². The number of aromatic nitrogens is 5. The average Bonchev–Trinajstić information content (AvgIpc) is 3.21. The van der Waals surface area contributed by atoms with E-state index in [9.17, 15) is 13.5 Å². The fraction of sp³-hybridized carbons (Fsp3) is 0.471. The number of aliphatic hydroxyl groups is 1. The summed E-state index contributed by atoms with van der Waals surface area (Å²) in [6.07, 6.45) is 4.46. The van der Waals surface area contributed by atoms with Crippen molar-refractivity contribution in [1.29, 1.82) is 0 Å². The maximum Gasteiger partial charge on any atom is 0.246 e. The van der Waals surface area contributed by atoms with Gasteiger partial charge in [-0.05, 0) is 37.5 Å². The third kappa shape index (κ3) is 2.93. The van der Waals surface area contributed by atoms with E-state index in [2.05, 4.69) is 15.2 Å². The second kappa shape index (κ2) is 6.39. The van der Waals surface area contributed by atoms with Crippen molar-refractivity contribution in [2.24, 2.45) is 7.05 Å². The summed E-state index contributed by atoms with van der Waals surface area (Å²) in [5.41, 5.74) is 3.31. The number of β-amino-alcohol motifs (C(OH)–C–C–N with tert-alkyl or cyclic N) is 1. The monoisotopic (exact) mass is 390 g/mol. The van der Waals surface area contributed by atoms with Crippen molar-refractivity contribution >= 4 is 15.7 Å². The van der Waals surface area contributed by atoms with Crippen molar-refractivity contribution in [2.75, 3.05) is 13.1 Å². The van der Waals surface area contributed by atoms with Crippen LogP contribution in [0.1, 0.15) is 29.2 Å². The zero-order chi connectivity index (χ0) is 19.3. The topological polar surface area (TPSA) is 106 Å². The molecule has 4 heterocycles. The first-order valence-electron chi connectivity index (χ1n) is 8.75. The van der Waals surface area contributed by atoms with E-state index in [1.54, 1.807) is 18.5 Å². The Bertz CT molecular complexity index is 1100. The van der Waals surface area contributed by atoms with Crippen LogP contribution in [0.25, 0.3) is 5.65 Å². The van der Waals surface area contributed by atoms with Gasteiger partial charge in [-0.15, -0.1) is 0 Å². The van der Waals surface area contributed by atoms with Crippen molar-refractivity contribution in [3.05, 3.63) is 41.6 Å². The van der Waals surface area contributed by atoms with Crippen LogP contribution in [0.2, 0.25) is 0 Å². The van der Waals surface area contributed by atoms with Crippen LogP contribution in [0.4, 0.5) is 0 Å². The van der Waals surface area contributed by atoms with Crippen molar-refractivity contribution in [1.82, 2.24) is 28.7 Å². The molecule has 10 heteroatoms. The lowest BCUT2D eigenvalue weighted by Gasteiger charge is -2.35. The summed E-state index contributed by atoms with van der Waals surface area (Å²) in [5.74, 6) is -0.153. The van der Waals surface area contributed by atoms with Crippen LogP contribution in [0.15, 0.2) is 29.7 Å². The second-order valence-corrected chi connectivity index (χ2v) is 8.92. The SMILES string of the molecule is Cc1cc2ncnn2cc1[C@@H]1CCN(S(=O)(=O)c2cnn(C)c2C)C[C@H]1O. The molecule has 0 aromatic carbocycles. The Morgan fingerprint density at radius 1 is 1.26 bits per heavy atom. The van der Waals surface area contributed by atoms with Gasteiger partial charge in [0.15, 0.2) is 5.65 Å². The van der Waals surface area contributed by atoms with Crippen molar-refractivity contribution in [3.8, 4) is 0 Å². The predicted octanol–water partition coefficient (Wildman–Crippen LogP) is 0.619. The lowest BCUT2D eigenvalue weighted by Crippen LogP contribution is -2.45. The Morgan fingerprint density at radius 3 is 2.70 bits per heavy atom. The smallest absolute Gasteiger partial charge is 0.246 e. The molecule has 4 rings (SSSR count). The van der Waals surface area contributed by atoms with Crippen LogP contribution >= 0.6 is 0 Å². The predicted molar refractivity (Wildman–Crippen MR) is 97.8 cm³/mol. The fourth-order valence-electron chi connectivity index (χ4n) is 3.72. The van der Waals surface area contributed by atoms with Gasteiger partial charge in [0.05, 0.1) is 18.0 Å². The van der Waals surface area contributed by atoms with Gasteiger partial charge in [0.25, 0.3) is 0 Å². The number of piperidine rings is 1. The summed E-state index contributed by atoms with van der Waals surface area (Å²) in [7, 11) is -1.98. The van der Waals surface area contributed by atoms with E-state index in [1.165, 1.54) is 21.5 Å². The van der Waals surface area contributed by atoms with Gasteiger partial charge >= 0.3 is 0 Å². The molecule has 0 spiro atoms. The molecular formula is C17H22N6O3S. The Morgan fingerprint density at radius 2 is 2.04 bits per heavy atom. The van der Waals surface area contributed by atoms with Gasteiger partial charge in [-0.2, -0.15) is 14.5 Å². The summed E-state index contributed by atoms with van der Waals surface area (Å²) in [6.45, 7) is 4.09. The molecule has 27 heavy (non-hydrogen) atoms. The third-order valence-electron chi connectivity index (χ3n) is 5.42. The van der Waals surface area contributed by atoms with Crippen molar-refractivity contribution in [3.63, 3.8) is 0 Å². The van der Waals surface area contributed by atoms with Crippen LogP contribution in [0.3, 0.4) is 0 Å². The lowest BCUT2D eigenvalue weighted by atomic mass is 9.86. The van der Waals surface area contributed by atoms with Crippen molar-refractivity contribution < 1.29 is 13.5 Å². The first kappa shape index (κ1) is 18.1. The molecule has 1 N–H and O–H groups in total. The molecule has 0 radical (unpaired) electrons. The normalized spacial score (nSPS) is 21.8. The molecule has 0 aliphatic carbocycles. The molecule has 3 aromatic rings. The van der Waals surface area contributed by atoms with E-state index in [1.807, 2.05) is 19.2 Å². The zero-order valence-corrected chi connectivity index (χ0v) is 16.3. The maximum absolute atomic E-state index is 13.0. The molecule has 9 nitrogen and oxygen atoms in total. The molecule has 1 aliphatic rings. The molecule has 2 atom stereocenters. The van der Waals surface area contributed by atoms with E-state index in [0.717, 1.165) is 16.8 Å². The number of hydrogen-bond donors (Lipinski definition) is 1. The number of hydrogen-bond acceptors (Lipinski definition) is 6. The number of nitrogens with zero attached hydrogens (tertiary/aromatic N) is 6. The Labute approximate surface area is 157 Å². The Kier molecular flexibility index (Phi) is 4.28. The van der Waals surface area contributed by atoms with E-state index >= 15 is 0 Å². The maximum atomic E-state index is 13.0. The average molecular weight is 390 g/mol. The molecule has 0 unspecified atom stereocenters. The van der Waals surface area contributed by atoms with Gasteiger partial charge in [0.2, 0.25) is 10.0 Å². The number of sulfonamides is 1. The highest BCUT2D eigenvalue weighted by Gasteiger charge is 2.37. The number of fused-ring (bicyclic) bond motifs is 1. The van der Waals surface area contributed by atoms with Gasteiger partial charge in [-0.25, -0.2) is 17.9 Å². The van der Waals surface area contributed by atoms with Crippen LogP contribution in [0.5, 0.6) is 0 Å². The standard InChI is InChI=1S/C17H22N6O3S/c1-11-6-17-18-10-20-23(17)8-14(11)13-4-5-22(9-15(13)24)27(25,26)16-7-19-21(3)12(16)2/h6-8,10,13,15,24H,4-5,9H2,1-3H3/t13-,15+/m0/s1. The van der Waals surface area contributed by atoms with Crippen LogP contribution in [0, 0.1) is 13.8 Å². The molecule has 1 fully saturated rings. The number of rotatable bonds is 3. The number of aryl methyl sites for hydroxylation is 2. The molecule has 0 saturated carbocycles. The highest BCUT2D eigenvalue weighted by Crippen LogP contribution is 2.33. The van der Waals surface area contributed by atoms with Crippen LogP contribution in [-0.2, 0) is 17.1 Å². The minimum atomic E-state index is -3.68. The van der Waals surface area contributed by atoms with Crippen LogP contribution < -0.4 is 0 Å². The Balaban J connectivity index is 1.60. The lowest BCUT2D eigenvalue weighted by molar-refractivity contribution is 0.0850. The summed E-state index contributed by atoms with van der Waals surface area (Å²) >= 11 is 0. The second-order valence-electron chi connectivity index (χ2n) is 7.02. The first-order valence-corrected chi connectivity index (χ1v) is 10.2. The van der Waals surface area contributed by atoms with Crippen molar-refractivity contribution in [2.45, 2.75) is 37.2 Å². The molecule has 3 aromatic heterocycles. The molecule has 144 valence electrons. The Hall–Kier alpha value is -2.30. The summed E-state index contributed by atoms with van der Waals surface area (Å²) < 4.78 is 30.5. The van der Waals surface area contributed by atoms with E-state index in [0.29, 0.717) is 18.7 Å². The van der Waals surface area contributed by atoms with Gasteiger partial charge in [-0.3, -0.25) is 4.68 Å². The molecule has 1 aliphatic heterocycles. The van der Waals surface area contributed by atoms with E-state index in [-0.39, 0.29) is 17.4 Å². The largest absolute Gasteiger partial charge is 0.391 e. The molecule has 0 bridgehead atoms. The molecule has 1 saturated heterocycles. The highest BCUT2D eigenvalue weighted by molar-refractivity contribution is 7.89. The minimum Gasteiger partial charge on any atom is -0.391 e. The quantitative estimate of drug-likeness (QED) is 0.703. The van der Waals surface area contributed by atoms with E-state index < -0.39 is 16.1 Å². The van der Waals surface area contributed by atoms with Gasteiger partial charge in [0, 0.05) is 32.3 Å². The first-order chi connectivity index (χ1) is 12.8. The molecular weight excluding hydrogens is 368 g/mol. The summed E-state index contributed by atoms with van der Waals surface area (Å²) in [6, 6.07) is 1.93. The minimum absolute atomic E-state index is 0.0518. The number of pyridine rings is 1. The van der Waals surface area contributed by atoms with Gasteiger partial charge in [0.1, 0.15) is 11.2 Å². The number of aliphatic hydroxyl groups excluding tert-OH is 1.